The molecule has 1 heterocycles. The van der Waals surface area contributed by atoms with Crippen molar-refractivity contribution in [2.75, 3.05) is 5.32 Å². The van der Waals surface area contributed by atoms with Crippen molar-refractivity contribution in [3.8, 4) is 0 Å². The van der Waals surface area contributed by atoms with E-state index in [1.165, 1.54) is 0 Å². The number of rotatable bonds is 3. The summed E-state index contributed by atoms with van der Waals surface area (Å²) >= 11 is 12.0. The molecule has 0 radical (unpaired) electrons. The van der Waals surface area contributed by atoms with Crippen LogP contribution in [-0.2, 0) is 0 Å². The first-order valence-corrected chi connectivity index (χ1v) is 7.37. The van der Waals surface area contributed by atoms with E-state index in [4.69, 9.17) is 27.6 Å². The summed E-state index contributed by atoms with van der Waals surface area (Å²) in [5.41, 5.74) is 3.69. The lowest BCUT2D eigenvalue weighted by Gasteiger charge is -2.16. The summed E-state index contributed by atoms with van der Waals surface area (Å²) in [7, 11) is 0. The van der Waals surface area contributed by atoms with Gasteiger partial charge in [-0.25, -0.2) is 4.98 Å². The number of nitrogens with zero attached hydrogens (tertiary/aromatic N) is 1. The van der Waals surface area contributed by atoms with Crippen LogP contribution in [0.1, 0.15) is 24.4 Å². The molecular formula is C16H14Cl2N2O. The van der Waals surface area contributed by atoms with Crippen molar-refractivity contribution in [2.24, 2.45) is 0 Å². The van der Waals surface area contributed by atoms with Gasteiger partial charge in [0.25, 0.3) is 0 Å². The summed E-state index contributed by atoms with van der Waals surface area (Å²) < 4.78 is 5.47. The van der Waals surface area contributed by atoms with Gasteiger partial charge in [-0.05, 0) is 42.8 Å². The van der Waals surface area contributed by atoms with Gasteiger partial charge in [0.15, 0.2) is 11.5 Å². The number of hydrogen-bond acceptors (Lipinski definition) is 3. The number of aromatic nitrogens is 1. The third-order valence-corrected chi connectivity index (χ3v) is 4.06. The average Bonchev–Trinajstić information content (AvgIpc) is 2.81. The maximum atomic E-state index is 6.06. The Hall–Kier alpha value is -1.71. The Kier molecular flexibility index (Phi) is 3.79. The van der Waals surface area contributed by atoms with Gasteiger partial charge in [-0.2, -0.15) is 0 Å². The molecule has 1 N–H and O–H groups in total. The number of aryl methyl sites for hydroxylation is 1. The van der Waals surface area contributed by atoms with Crippen molar-refractivity contribution in [1.29, 1.82) is 0 Å². The van der Waals surface area contributed by atoms with Crippen LogP contribution in [0.25, 0.3) is 11.1 Å². The fourth-order valence-electron chi connectivity index (χ4n) is 2.25. The van der Waals surface area contributed by atoms with Crippen molar-refractivity contribution in [3.63, 3.8) is 0 Å². The molecule has 1 unspecified atom stereocenters. The molecule has 21 heavy (non-hydrogen) atoms. The van der Waals surface area contributed by atoms with Crippen molar-refractivity contribution in [3.05, 3.63) is 57.9 Å². The maximum absolute atomic E-state index is 6.06. The van der Waals surface area contributed by atoms with Crippen molar-refractivity contribution >= 4 is 40.0 Å². The van der Waals surface area contributed by atoms with E-state index < -0.39 is 0 Å². The fraction of sp³-hybridized carbons (Fsp3) is 0.188. The van der Waals surface area contributed by atoms with Gasteiger partial charge in [0.1, 0.15) is 5.52 Å². The number of halogens is 2. The molecule has 0 aliphatic rings. The highest BCUT2D eigenvalue weighted by Crippen LogP contribution is 2.28. The second-order valence-electron chi connectivity index (χ2n) is 4.95. The predicted octanol–water partition coefficient (Wildman–Crippen LogP) is 5.62. The Balaban J connectivity index is 1.84. The largest absolute Gasteiger partial charge is 0.441 e. The number of oxazole rings is 1. The molecule has 3 nitrogen and oxygen atoms in total. The number of benzene rings is 2. The average molecular weight is 321 g/mol. The summed E-state index contributed by atoms with van der Waals surface area (Å²) in [4.78, 5) is 4.33. The molecule has 108 valence electrons. The number of hydrogen-bond donors (Lipinski definition) is 1. The minimum Gasteiger partial charge on any atom is -0.441 e. The topological polar surface area (TPSA) is 38.1 Å². The Morgan fingerprint density at radius 3 is 2.67 bits per heavy atom. The van der Waals surface area contributed by atoms with Crippen LogP contribution in [0.4, 0.5) is 5.69 Å². The molecule has 0 bridgehead atoms. The molecule has 5 heteroatoms. The summed E-state index contributed by atoms with van der Waals surface area (Å²) in [6, 6.07) is 11.6. The van der Waals surface area contributed by atoms with Crippen LogP contribution < -0.4 is 5.32 Å². The molecule has 0 saturated heterocycles. The lowest BCUT2D eigenvalue weighted by Crippen LogP contribution is -2.06. The summed E-state index contributed by atoms with van der Waals surface area (Å²) in [5.74, 6) is 0.666. The van der Waals surface area contributed by atoms with Crippen molar-refractivity contribution in [2.45, 2.75) is 19.9 Å². The zero-order valence-electron chi connectivity index (χ0n) is 11.7. The lowest BCUT2D eigenvalue weighted by molar-refractivity contribution is 0.561. The molecule has 1 aromatic heterocycles. The van der Waals surface area contributed by atoms with Crippen LogP contribution >= 0.6 is 23.2 Å². The molecule has 0 saturated carbocycles. The van der Waals surface area contributed by atoms with Gasteiger partial charge in [-0.15, -0.1) is 0 Å². The van der Waals surface area contributed by atoms with E-state index in [1.807, 2.05) is 43.3 Å². The molecule has 0 aliphatic heterocycles. The standard InChI is InChI=1S/C16H14Cl2N2O/c1-9(11-3-5-13(17)14(18)7-11)19-12-4-6-16-15(8-12)20-10(2)21-16/h3-9,19H,1-2H3. The second-order valence-corrected chi connectivity index (χ2v) is 5.77. The van der Waals surface area contributed by atoms with Crippen molar-refractivity contribution < 1.29 is 4.42 Å². The minimum atomic E-state index is 0.102. The molecule has 0 spiro atoms. The SMILES string of the molecule is Cc1nc2cc(NC(C)c3ccc(Cl)c(Cl)c3)ccc2o1. The van der Waals surface area contributed by atoms with Gasteiger partial charge < -0.3 is 9.73 Å². The van der Waals surface area contributed by atoms with Crippen LogP contribution in [0.5, 0.6) is 0 Å². The van der Waals surface area contributed by atoms with Crippen molar-refractivity contribution in [1.82, 2.24) is 4.98 Å². The van der Waals surface area contributed by atoms with E-state index in [9.17, 15) is 0 Å². The maximum Gasteiger partial charge on any atom is 0.192 e. The van der Waals surface area contributed by atoms with Crippen LogP contribution in [-0.4, -0.2) is 4.98 Å². The molecule has 1 atom stereocenters. The highest BCUT2D eigenvalue weighted by Gasteiger charge is 2.09. The smallest absolute Gasteiger partial charge is 0.192 e. The number of fused-ring (bicyclic) bond motifs is 1. The Morgan fingerprint density at radius 2 is 1.90 bits per heavy atom. The van der Waals surface area contributed by atoms with Crippen LogP contribution in [0, 0.1) is 6.92 Å². The molecular weight excluding hydrogens is 307 g/mol. The van der Waals surface area contributed by atoms with Gasteiger partial charge in [-0.1, -0.05) is 29.3 Å². The first-order valence-electron chi connectivity index (χ1n) is 6.61. The van der Waals surface area contributed by atoms with Crippen LogP contribution in [0.3, 0.4) is 0 Å². The molecule has 0 fully saturated rings. The Bertz CT molecular complexity index is 798. The van der Waals surface area contributed by atoms with E-state index in [0.29, 0.717) is 15.9 Å². The normalized spacial score (nSPS) is 12.6. The van der Waals surface area contributed by atoms with Gasteiger partial charge in [0, 0.05) is 18.7 Å². The second kappa shape index (κ2) is 5.58. The zero-order valence-corrected chi connectivity index (χ0v) is 13.2. The van der Waals surface area contributed by atoms with Crippen LogP contribution in [0.15, 0.2) is 40.8 Å². The van der Waals surface area contributed by atoms with E-state index in [2.05, 4.69) is 17.2 Å². The van der Waals surface area contributed by atoms with Gasteiger partial charge in [0.2, 0.25) is 0 Å². The minimum absolute atomic E-state index is 0.102. The Labute approximate surface area is 132 Å². The molecule has 3 aromatic rings. The molecule has 2 aromatic carbocycles. The van der Waals surface area contributed by atoms with E-state index in [0.717, 1.165) is 22.4 Å². The first kappa shape index (κ1) is 14.2. The third kappa shape index (κ3) is 2.99. The van der Waals surface area contributed by atoms with Gasteiger partial charge >= 0.3 is 0 Å². The molecule has 0 aliphatic carbocycles. The molecule has 0 amide bonds. The number of anilines is 1. The fourth-order valence-corrected chi connectivity index (χ4v) is 2.55. The highest BCUT2D eigenvalue weighted by atomic mass is 35.5. The molecule has 3 rings (SSSR count). The quantitative estimate of drug-likeness (QED) is 0.681. The first-order chi connectivity index (χ1) is 10.0. The van der Waals surface area contributed by atoms with E-state index >= 15 is 0 Å². The summed E-state index contributed by atoms with van der Waals surface area (Å²) in [6.45, 7) is 3.91. The monoisotopic (exact) mass is 320 g/mol. The third-order valence-electron chi connectivity index (χ3n) is 3.32. The lowest BCUT2D eigenvalue weighted by atomic mass is 10.1. The highest BCUT2D eigenvalue weighted by molar-refractivity contribution is 6.42. The summed E-state index contributed by atoms with van der Waals surface area (Å²) in [6.07, 6.45) is 0. The summed E-state index contributed by atoms with van der Waals surface area (Å²) in [5, 5.41) is 4.55. The Morgan fingerprint density at radius 1 is 1.10 bits per heavy atom. The van der Waals surface area contributed by atoms with Gasteiger partial charge in [-0.3, -0.25) is 0 Å². The zero-order chi connectivity index (χ0) is 15.0. The predicted molar refractivity (Wildman–Crippen MR) is 87.2 cm³/mol. The number of nitrogens with one attached hydrogen (secondary N) is 1. The van der Waals surface area contributed by atoms with Gasteiger partial charge in [0.05, 0.1) is 10.0 Å². The van der Waals surface area contributed by atoms with Crippen LogP contribution in [0.2, 0.25) is 10.0 Å². The van der Waals surface area contributed by atoms with E-state index in [1.54, 1.807) is 0 Å². The van der Waals surface area contributed by atoms with E-state index in [-0.39, 0.29) is 6.04 Å².